The topological polar surface area (TPSA) is 75.0 Å². The third kappa shape index (κ3) is 2.83. The molecule has 1 saturated heterocycles. The Balaban J connectivity index is 1.43. The van der Waals surface area contributed by atoms with Crippen LogP contribution >= 0.6 is 0 Å². The first kappa shape index (κ1) is 21.4. The van der Waals surface area contributed by atoms with E-state index in [1.54, 1.807) is 6.33 Å². The zero-order valence-electron chi connectivity index (χ0n) is 20.8. The van der Waals surface area contributed by atoms with Crippen molar-refractivity contribution in [3.8, 4) is 0 Å². The van der Waals surface area contributed by atoms with Gasteiger partial charge in [0.05, 0.1) is 17.4 Å². The molecule has 1 amide bonds. The lowest BCUT2D eigenvalue weighted by atomic mass is 9.51. The monoisotopic (exact) mass is 456 g/mol. The van der Waals surface area contributed by atoms with Crippen molar-refractivity contribution in [2.75, 3.05) is 6.54 Å². The molecule has 2 atom stereocenters. The molecule has 2 aromatic heterocycles. The van der Waals surface area contributed by atoms with E-state index in [9.17, 15) is 4.79 Å². The van der Waals surface area contributed by atoms with E-state index in [-0.39, 0.29) is 28.2 Å². The van der Waals surface area contributed by atoms with Crippen LogP contribution in [0.4, 0.5) is 0 Å². The van der Waals surface area contributed by atoms with Crippen LogP contribution in [0.3, 0.4) is 0 Å². The number of nitrogens with zero attached hydrogens (tertiary/aromatic N) is 3. The highest BCUT2D eigenvalue weighted by molar-refractivity contribution is 5.97. The SMILES string of the molecule is CC(C)(C)c1nc2cc3c(cc2o1)CC1N(C(=O)c2ccc4nc[nH]c4c2)CC[C@]3(C)C1(C)C. The molecule has 176 valence electrons. The number of likely N-dealkylation sites (tertiary alicyclic amines) is 1. The van der Waals surface area contributed by atoms with Crippen LogP contribution in [0.2, 0.25) is 0 Å². The van der Waals surface area contributed by atoms with E-state index in [0.717, 1.165) is 47.4 Å². The van der Waals surface area contributed by atoms with E-state index in [0.29, 0.717) is 5.56 Å². The number of aromatic amines is 1. The van der Waals surface area contributed by atoms with E-state index >= 15 is 0 Å². The first-order chi connectivity index (χ1) is 16.0. The standard InChI is InChI=1S/C28H32N4O2/c1-26(2,3)25-31-21-14-18-17(12-22(21)34-25)13-23-27(4,5)28(18,6)9-10-32(23)24(33)16-7-8-19-20(11-16)30-15-29-19/h7-8,11-12,14-15,23H,9-10,13H2,1-6H3,(H,29,30)/t23?,28-/m0/s1. The zero-order valence-corrected chi connectivity index (χ0v) is 20.8. The second-order valence-electron chi connectivity index (χ2n) is 11.9. The summed E-state index contributed by atoms with van der Waals surface area (Å²) in [5.74, 6) is 0.860. The molecule has 34 heavy (non-hydrogen) atoms. The fourth-order valence-corrected chi connectivity index (χ4v) is 6.13. The Labute approximate surface area is 199 Å². The average Bonchev–Trinajstić information content (AvgIpc) is 3.41. The van der Waals surface area contributed by atoms with Gasteiger partial charge in [-0.1, -0.05) is 41.5 Å². The van der Waals surface area contributed by atoms with Gasteiger partial charge in [0.1, 0.15) is 5.52 Å². The minimum atomic E-state index is -0.141. The van der Waals surface area contributed by atoms with Crippen molar-refractivity contribution in [2.24, 2.45) is 5.41 Å². The van der Waals surface area contributed by atoms with Crippen LogP contribution in [0.1, 0.15) is 75.3 Å². The van der Waals surface area contributed by atoms with Crippen LogP contribution in [0.5, 0.6) is 0 Å². The summed E-state index contributed by atoms with van der Waals surface area (Å²) in [4.78, 5) is 28.1. The van der Waals surface area contributed by atoms with Gasteiger partial charge in [0.25, 0.3) is 5.91 Å². The Morgan fingerprint density at radius 1 is 1.15 bits per heavy atom. The lowest BCUT2D eigenvalue weighted by molar-refractivity contribution is -0.0261. The predicted molar refractivity (Wildman–Crippen MR) is 133 cm³/mol. The van der Waals surface area contributed by atoms with E-state index < -0.39 is 0 Å². The number of nitrogens with one attached hydrogen (secondary N) is 1. The van der Waals surface area contributed by atoms with Gasteiger partial charge in [0, 0.05) is 29.0 Å². The number of amides is 1. The summed E-state index contributed by atoms with van der Waals surface area (Å²) in [7, 11) is 0. The first-order valence-electron chi connectivity index (χ1n) is 12.2. The number of fused-ring (bicyclic) bond motifs is 6. The molecule has 1 N–H and O–H groups in total. The van der Waals surface area contributed by atoms with Crippen molar-refractivity contribution >= 4 is 28.0 Å². The number of hydrogen-bond acceptors (Lipinski definition) is 4. The highest BCUT2D eigenvalue weighted by Gasteiger charge is 2.57. The number of carbonyl (C=O) groups excluding carboxylic acids is 1. The van der Waals surface area contributed by atoms with Crippen LogP contribution in [0.25, 0.3) is 22.1 Å². The zero-order chi connectivity index (χ0) is 24.0. The molecule has 3 heterocycles. The van der Waals surface area contributed by atoms with Gasteiger partial charge in [-0.2, -0.15) is 0 Å². The largest absolute Gasteiger partial charge is 0.440 e. The van der Waals surface area contributed by atoms with Gasteiger partial charge in [-0.25, -0.2) is 9.97 Å². The summed E-state index contributed by atoms with van der Waals surface area (Å²) in [5, 5.41) is 0. The van der Waals surface area contributed by atoms with Gasteiger partial charge in [-0.05, 0) is 59.7 Å². The van der Waals surface area contributed by atoms with Crippen LogP contribution in [-0.4, -0.2) is 38.3 Å². The summed E-state index contributed by atoms with van der Waals surface area (Å²) in [6.45, 7) is 14.1. The molecule has 6 rings (SSSR count). The van der Waals surface area contributed by atoms with Crippen molar-refractivity contribution in [1.82, 2.24) is 19.9 Å². The molecule has 0 spiro atoms. The van der Waals surface area contributed by atoms with Crippen LogP contribution in [0, 0.1) is 5.41 Å². The normalized spacial score (nSPS) is 23.9. The smallest absolute Gasteiger partial charge is 0.254 e. The summed E-state index contributed by atoms with van der Waals surface area (Å²) in [6, 6.07) is 10.3. The minimum absolute atomic E-state index is 0.0512. The number of carbonyl (C=O) groups is 1. The van der Waals surface area contributed by atoms with Gasteiger partial charge in [0.15, 0.2) is 5.58 Å². The second-order valence-corrected chi connectivity index (χ2v) is 11.9. The van der Waals surface area contributed by atoms with Crippen LogP contribution in [0.15, 0.2) is 41.1 Å². The number of H-pyrrole nitrogens is 1. The Hall–Kier alpha value is -3.15. The number of imidazole rings is 1. The molecule has 2 aliphatic rings. The fraction of sp³-hybridized carbons (Fsp3) is 0.464. The lowest BCUT2D eigenvalue weighted by Crippen LogP contribution is -2.64. The van der Waals surface area contributed by atoms with E-state index in [4.69, 9.17) is 9.40 Å². The number of piperidine rings is 1. The van der Waals surface area contributed by atoms with Crippen molar-refractivity contribution in [2.45, 2.75) is 71.3 Å². The minimum Gasteiger partial charge on any atom is -0.440 e. The quantitative estimate of drug-likeness (QED) is 0.395. The van der Waals surface area contributed by atoms with Gasteiger partial charge in [-0.15, -0.1) is 0 Å². The van der Waals surface area contributed by atoms with Gasteiger partial charge >= 0.3 is 0 Å². The molecular formula is C28H32N4O2. The fourth-order valence-electron chi connectivity index (χ4n) is 6.13. The van der Waals surface area contributed by atoms with Gasteiger partial charge in [0.2, 0.25) is 5.89 Å². The van der Waals surface area contributed by atoms with Crippen molar-refractivity contribution < 1.29 is 9.21 Å². The number of oxazole rings is 1. The molecule has 1 aliphatic heterocycles. The number of rotatable bonds is 1. The van der Waals surface area contributed by atoms with E-state index in [2.05, 4.69) is 68.5 Å². The maximum absolute atomic E-state index is 13.8. The van der Waals surface area contributed by atoms with Crippen molar-refractivity contribution in [1.29, 1.82) is 0 Å². The Kier molecular flexibility index (Phi) is 4.22. The molecule has 0 saturated carbocycles. The summed E-state index contributed by atoms with van der Waals surface area (Å²) in [6.07, 6.45) is 3.40. The maximum Gasteiger partial charge on any atom is 0.254 e. The van der Waals surface area contributed by atoms with E-state index in [1.807, 2.05) is 18.2 Å². The number of hydrogen-bond donors (Lipinski definition) is 1. The molecule has 1 fully saturated rings. The average molecular weight is 457 g/mol. The first-order valence-corrected chi connectivity index (χ1v) is 12.2. The predicted octanol–water partition coefficient (Wildman–Crippen LogP) is 5.76. The maximum atomic E-state index is 13.8. The molecule has 1 aliphatic carbocycles. The Morgan fingerprint density at radius 2 is 1.94 bits per heavy atom. The molecule has 1 unspecified atom stereocenters. The highest BCUT2D eigenvalue weighted by Crippen LogP contribution is 2.56. The summed E-state index contributed by atoms with van der Waals surface area (Å²) >= 11 is 0. The van der Waals surface area contributed by atoms with Crippen LogP contribution in [-0.2, 0) is 17.3 Å². The van der Waals surface area contributed by atoms with Crippen LogP contribution < -0.4 is 0 Å². The number of aromatic nitrogens is 3. The van der Waals surface area contributed by atoms with Crippen molar-refractivity contribution in [3.63, 3.8) is 0 Å². The molecule has 4 aromatic rings. The number of benzene rings is 2. The Bertz CT molecular complexity index is 1450. The lowest BCUT2D eigenvalue weighted by Gasteiger charge is -2.60. The summed E-state index contributed by atoms with van der Waals surface area (Å²) in [5.41, 5.74) is 6.61. The molecule has 6 heteroatoms. The third-order valence-corrected chi connectivity index (χ3v) is 8.67. The molecule has 2 bridgehead atoms. The third-order valence-electron chi connectivity index (χ3n) is 8.67. The summed E-state index contributed by atoms with van der Waals surface area (Å²) < 4.78 is 6.18. The molecule has 2 aromatic carbocycles. The molecule has 6 nitrogen and oxygen atoms in total. The molecule has 0 radical (unpaired) electrons. The highest BCUT2D eigenvalue weighted by atomic mass is 16.3. The Morgan fingerprint density at radius 3 is 2.71 bits per heavy atom. The van der Waals surface area contributed by atoms with Crippen molar-refractivity contribution in [3.05, 3.63) is 59.2 Å². The van der Waals surface area contributed by atoms with Gasteiger partial charge in [-0.3, -0.25) is 4.79 Å². The molecular weight excluding hydrogens is 424 g/mol. The van der Waals surface area contributed by atoms with E-state index in [1.165, 1.54) is 11.1 Å². The second kappa shape index (κ2) is 6.71. The van der Waals surface area contributed by atoms with Gasteiger partial charge < -0.3 is 14.3 Å².